The zero-order chi connectivity index (χ0) is 13.0. The predicted octanol–water partition coefficient (Wildman–Crippen LogP) is 0.885. The molecule has 0 amide bonds. The SMILES string of the molecule is CC1CS(=O)(=O)CCN1CCNCC1CCCC1. The van der Waals surface area contributed by atoms with Crippen LogP contribution >= 0.6 is 0 Å². The van der Waals surface area contributed by atoms with E-state index in [9.17, 15) is 8.42 Å². The van der Waals surface area contributed by atoms with Crippen molar-refractivity contribution in [3.05, 3.63) is 0 Å². The van der Waals surface area contributed by atoms with Crippen molar-refractivity contribution in [3.8, 4) is 0 Å². The number of sulfone groups is 1. The molecule has 2 rings (SSSR count). The van der Waals surface area contributed by atoms with Crippen molar-refractivity contribution in [1.29, 1.82) is 0 Å². The number of nitrogens with one attached hydrogen (secondary N) is 1. The van der Waals surface area contributed by atoms with E-state index in [1.54, 1.807) is 0 Å². The van der Waals surface area contributed by atoms with Crippen LogP contribution < -0.4 is 5.32 Å². The molecule has 18 heavy (non-hydrogen) atoms. The molecule has 1 heterocycles. The Hall–Kier alpha value is -0.130. The van der Waals surface area contributed by atoms with E-state index in [4.69, 9.17) is 0 Å². The summed E-state index contributed by atoms with van der Waals surface area (Å²) in [5.74, 6) is 1.54. The van der Waals surface area contributed by atoms with Crippen LogP contribution in [0.3, 0.4) is 0 Å². The van der Waals surface area contributed by atoms with Crippen LogP contribution in [0.4, 0.5) is 0 Å². The van der Waals surface area contributed by atoms with Gasteiger partial charge in [-0.3, -0.25) is 4.90 Å². The van der Waals surface area contributed by atoms with E-state index in [0.29, 0.717) is 18.1 Å². The van der Waals surface area contributed by atoms with Gasteiger partial charge in [0.25, 0.3) is 0 Å². The van der Waals surface area contributed by atoms with Crippen molar-refractivity contribution < 1.29 is 8.42 Å². The second kappa shape index (κ2) is 6.35. The Kier molecular flexibility index (Phi) is 5.04. The summed E-state index contributed by atoms with van der Waals surface area (Å²) in [6.07, 6.45) is 5.55. The molecule has 1 saturated heterocycles. The Balaban J connectivity index is 1.61. The monoisotopic (exact) mass is 274 g/mol. The van der Waals surface area contributed by atoms with E-state index < -0.39 is 9.84 Å². The van der Waals surface area contributed by atoms with E-state index in [1.807, 2.05) is 6.92 Å². The molecule has 0 bridgehead atoms. The molecule has 0 radical (unpaired) electrons. The number of hydrogen-bond acceptors (Lipinski definition) is 4. The minimum atomic E-state index is -2.77. The highest BCUT2D eigenvalue weighted by molar-refractivity contribution is 7.91. The smallest absolute Gasteiger partial charge is 0.153 e. The lowest BCUT2D eigenvalue weighted by Gasteiger charge is -2.33. The zero-order valence-corrected chi connectivity index (χ0v) is 12.2. The number of nitrogens with zero attached hydrogens (tertiary/aromatic N) is 1. The van der Waals surface area contributed by atoms with Crippen LogP contribution in [-0.2, 0) is 9.84 Å². The summed E-state index contributed by atoms with van der Waals surface area (Å²) in [5, 5.41) is 3.52. The largest absolute Gasteiger partial charge is 0.315 e. The van der Waals surface area contributed by atoms with Gasteiger partial charge in [0.15, 0.2) is 9.84 Å². The van der Waals surface area contributed by atoms with E-state index >= 15 is 0 Å². The quantitative estimate of drug-likeness (QED) is 0.756. The third kappa shape index (κ3) is 4.21. The van der Waals surface area contributed by atoms with Gasteiger partial charge >= 0.3 is 0 Å². The summed E-state index contributed by atoms with van der Waals surface area (Å²) in [5.41, 5.74) is 0. The Morgan fingerprint density at radius 2 is 2.00 bits per heavy atom. The van der Waals surface area contributed by atoms with Crippen LogP contribution in [-0.4, -0.2) is 57.0 Å². The molecule has 1 unspecified atom stereocenters. The third-order valence-electron chi connectivity index (χ3n) is 4.29. The highest BCUT2D eigenvalue weighted by Gasteiger charge is 2.27. The Morgan fingerprint density at radius 1 is 1.28 bits per heavy atom. The molecular weight excluding hydrogens is 248 g/mol. The molecule has 0 aromatic heterocycles. The van der Waals surface area contributed by atoms with Crippen LogP contribution in [0.25, 0.3) is 0 Å². The topological polar surface area (TPSA) is 49.4 Å². The van der Waals surface area contributed by atoms with Gasteiger partial charge in [-0.15, -0.1) is 0 Å². The first-order valence-electron chi connectivity index (χ1n) is 7.22. The summed E-state index contributed by atoms with van der Waals surface area (Å²) in [4.78, 5) is 2.29. The zero-order valence-electron chi connectivity index (χ0n) is 11.4. The summed E-state index contributed by atoms with van der Waals surface area (Å²) in [6.45, 7) is 5.83. The standard InChI is InChI=1S/C13H26N2O2S/c1-12-11-18(16,17)9-8-15(12)7-6-14-10-13-4-2-3-5-13/h12-14H,2-11H2,1H3. The maximum atomic E-state index is 11.5. The summed E-state index contributed by atoms with van der Waals surface area (Å²) < 4.78 is 22.9. The second-order valence-electron chi connectivity index (χ2n) is 5.85. The first-order chi connectivity index (χ1) is 8.57. The molecule has 1 aliphatic carbocycles. The lowest BCUT2D eigenvalue weighted by Crippen LogP contribution is -2.49. The van der Waals surface area contributed by atoms with Gasteiger partial charge in [-0.25, -0.2) is 8.42 Å². The molecule has 1 N–H and O–H groups in total. The lowest BCUT2D eigenvalue weighted by molar-refractivity contribution is 0.225. The van der Waals surface area contributed by atoms with Crippen molar-refractivity contribution >= 4 is 9.84 Å². The molecule has 1 saturated carbocycles. The summed E-state index contributed by atoms with van der Waals surface area (Å²) in [6, 6.07) is 0.178. The summed E-state index contributed by atoms with van der Waals surface area (Å²) in [7, 11) is -2.77. The van der Waals surface area contributed by atoms with E-state index in [-0.39, 0.29) is 6.04 Å². The minimum Gasteiger partial charge on any atom is -0.315 e. The fourth-order valence-corrected chi connectivity index (χ4v) is 4.73. The van der Waals surface area contributed by atoms with Crippen LogP contribution in [0.2, 0.25) is 0 Å². The molecule has 5 heteroatoms. The molecule has 1 aliphatic heterocycles. The second-order valence-corrected chi connectivity index (χ2v) is 8.08. The van der Waals surface area contributed by atoms with Crippen molar-refractivity contribution in [2.24, 2.45) is 5.92 Å². The highest BCUT2D eigenvalue weighted by Crippen LogP contribution is 2.23. The van der Waals surface area contributed by atoms with Gasteiger partial charge in [-0.05, 0) is 32.2 Å². The van der Waals surface area contributed by atoms with E-state index in [2.05, 4.69) is 10.2 Å². The van der Waals surface area contributed by atoms with Gasteiger partial charge < -0.3 is 5.32 Å². The molecular formula is C13H26N2O2S. The Bertz CT molecular complexity index is 350. The van der Waals surface area contributed by atoms with Crippen LogP contribution in [0.15, 0.2) is 0 Å². The van der Waals surface area contributed by atoms with Gasteiger partial charge in [-0.1, -0.05) is 12.8 Å². The van der Waals surface area contributed by atoms with Gasteiger partial charge in [0.05, 0.1) is 11.5 Å². The van der Waals surface area contributed by atoms with Crippen LogP contribution in [0.1, 0.15) is 32.6 Å². The molecule has 0 spiro atoms. The molecule has 2 aliphatic rings. The Labute approximate surface area is 111 Å². The molecule has 2 fully saturated rings. The average molecular weight is 274 g/mol. The molecule has 106 valence electrons. The molecule has 4 nitrogen and oxygen atoms in total. The first kappa shape index (κ1) is 14.3. The first-order valence-corrected chi connectivity index (χ1v) is 9.04. The van der Waals surface area contributed by atoms with Crippen molar-refractivity contribution in [3.63, 3.8) is 0 Å². The van der Waals surface area contributed by atoms with Crippen LogP contribution in [0.5, 0.6) is 0 Å². The minimum absolute atomic E-state index is 0.178. The van der Waals surface area contributed by atoms with Crippen molar-refractivity contribution in [2.75, 3.05) is 37.7 Å². The normalized spacial score (nSPS) is 29.7. The van der Waals surface area contributed by atoms with Gasteiger partial charge in [0.1, 0.15) is 0 Å². The molecule has 0 aromatic carbocycles. The molecule has 0 aromatic rings. The summed E-state index contributed by atoms with van der Waals surface area (Å²) >= 11 is 0. The highest BCUT2D eigenvalue weighted by atomic mass is 32.2. The van der Waals surface area contributed by atoms with Crippen molar-refractivity contribution in [1.82, 2.24) is 10.2 Å². The fraction of sp³-hybridized carbons (Fsp3) is 1.00. The maximum absolute atomic E-state index is 11.5. The number of hydrogen-bond donors (Lipinski definition) is 1. The van der Waals surface area contributed by atoms with E-state index in [0.717, 1.165) is 25.6 Å². The van der Waals surface area contributed by atoms with E-state index in [1.165, 1.54) is 25.7 Å². The Morgan fingerprint density at radius 3 is 2.67 bits per heavy atom. The maximum Gasteiger partial charge on any atom is 0.153 e. The lowest BCUT2D eigenvalue weighted by atomic mass is 10.1. The number of rotatable bonds is 5. The van der Waals surface area contributed by atoms with Gasteiger partial charge in [0, 0.05) is 25.7 Å². The predicted molar refractivity (Wildman–Crippen MR) is 74.5 cm³/mol. The van der Waals surface area contributed by atoms with Gasteiger partial charge in [0.2, 0.25) is 0 Å². The third-order valence-corrected chi connectivity index (χ3v) is 6.09. The fourth-order valence-electron chi connectivity index (χ4n) is 3.11. The van der Waals surface area contributed by atoms with Gasteiger partial charge in [-0.2, -0.15) is 0 Å². The molecule has 1 atom stereocenters. The van der Waals surface area contributed by atoms with Crippen molar-refractivity contribution in [2.45, 2.75) is 38.6 Å². The average Bonchev–Trinajstić information content (AvgIpc) is 2.78. The van der Waals surface area contributed by atoms with Crippen LogP contribution in [0, 0.1) is 5.92 Å².